The molecule has 0 aliphatic heterocycles. The highest BCUT2D eigenvalue weighted by Gasteiger charge is 2.30. The molecule has 6 nitrogen and oxygen atoms in total. The number of nitrogen functional groups attached to an aromatic ring is 1. The summed E-state index contributed by atoms with van der Waals surface area (Å²) in [6.07, 6.45) is -2.52. The Bertz CT molecular complexity index is 959. The lowest BCUT2D eigenvalue weighted by molar-refractivity contribution is -0.132. The minimum atomic E-state index is -2.27. The monoisotopic (exact) mass is 289 g/mol. The third-order valence-corrected chi connectivity index (χ3v) is 3.41. The van der Waals surface area contributed by atoms with Crippen molar-refractivity contribution < 1.29 is 15.1 Å². The van der Waals surface area contributed by atoms with E-state index in [4.69, 9.17) is 11.2 Å². The number of carbonyl (C=O) groups excluding carboxylic acids is 2. The average molecular weight is 289 g/mol. The molecule has 0 radical (unpaired) electrons. The molecule has 1 aromatic carbocycles. The molecule has 21 heavy (non-hydrogen) atoms. The van der Waals surface area contributed by atoms with Crippen LogP contribution in [-0.4, -0.2) is 21.1 Å². The van der Waals surface area contributed by atoms with Gasteiger partial charge in [0.15, 0.2) is 5.78 Å². The smallest absolute Gasteiger partial charge is 0.264 e. The SMILES string of the molecule is [2H]C1CC([2H])(n2c(C([2H])[2H])nc3cccc(N)c3c2=O)C(=O)CC1=O. The van der Waals surface area contributed by atoms with E-state index >= 15 is 0 Å². The molecular weight excluding hydrogens is 270 g/mol. The number of aromatic nitrogens is 2. The Balaban J connectivity index is 2.38. The molecule has 2 N–H and O–H groups in total. The minimum absolute atomic E-state index is 0.0234. The first kappa shape index (κ1) is 9.44. The summed E-state index contributed by atoms with van der Waals surface area (Å²) in [6, 6.07) is 2.24. The lowest BCUT2D eigenvalue weighted by Crippen LogP contribution is -2.36. The van der Waals surface area contributed by atoms with Crippen LogP contribution in [0.4, 0.5) is 5.69 Å². The number of fused-ring (bicyclic) bond motifs is 1. The molecule has 1 aromatic heterocycles. The van der Waals surface area contributed by atoms with Crippen molar-refractivity contribution in [2.24, 2.45) is 0 Å². The van der Waals surface area contributed by atoms with Gasteiger partial charge in [-0.3, -0.25) is 19.0 Å². The van der Waals surface area contributed by atoms with E-state index in [0.717, 1.165) is 0 Å². The van der Waals surface area contributed by atoms with Crippen molar-refractivity contribution in [3.05, 3.63) is 34.4 Å². The first-order valence-electron chi connectivity index (χ1n) is 8.54. The van der Waals surface area contributed by atoms with E-state index in [1.165, 1.54) is 12.1 Å². The first-order chi connectivity index (χ1) is 11.7. The average Bonchev–Trinajstić information content (AvgIpc) is 2.52. The number of ketones is 2. The van der Waals surface area contributed by atoms with Gasteiger partial charge in [0.05, 0.1) is 24.7 Å². The Morgan fingerprint density at radius 2 is 2.29 bits per heavy atom. The third-order valence-electron chi connectivity index (χ3n) is 3.41. The Kier molecular flexibility index (Phi) is 2.16. The molecule has 0 bridgehead atoms. The van der Waals surface area contributed by atoms with Gasteiger partial charge < -0.3 is 5.73 Å². The summed E-state index contributed by atoms with van der Waals surface area (Å²) < 4.78 is 32.2. The predicted molar refractivity (Wildman–Crippen MR) is 78.1 cm³/mol. The van der Waals surface area contributed by atoms with E-state index in [2.05, 4.69) is 4.98 Å². The third kappa shape index (κ3) is 2.12. The first-order valence-corrected chi connectivity index (χ1v) is 6.31. The molecule has 0 saturated heterocycles. The van der Waals surface area contributed by atoms with Gasteiger partial charge in [-0.25, -0.2) is 4.98 Å². The summed E-state index contributed by atoms with van der Waals surface area (Å²) in [5.74, 6) is -1.88. The molecular formula is C15H15N3O3. The van der Waals surface area contributed by atoms with Crippen molar-refractivity contribution in [3.63, 3.8) is 0 Å². The van der Waals surface area contributed by atoms with Crippen LogP contribution in [-0.2, 0) is 9.59 Å². The van der Waals surface area contributed by atoms with Crippen LogP contribution in [0, 0.1) is 6.88 Å². The highest BCUT2D eigenvalue weighted by atomic mass is 16.2. The zero-order valence-electron chi connectivity index (χ0n) is 15.0. The van der Waals surface area contributed by atoms with Crippen molar-refractivity contribution >= 4 is 28.2 Å². The normalized spacial score (nSPS) is 29.1. The van der Waals surface area contributed by atoms with Crippen LogP contribution in [0.3, 0.4) is 0 Å². The van der Waals surface area contributed by atoms with Gasteiger partial charge in [0.25, 0.3) is 5.56 Å². The second kappa shape index (κ2) is 4.80. The highest BCUT2D eigenvalue weighted by molar-refractivity contribution is 6.03. The Morgan fingerprint density at radius 1 is 1.48 bits per heavy atom. The van der Waals surface area contributed by atoms with E-state index in [1.54, 1.807) is 6.07 Å². The fourth-order valence-electron chi connectivity index (χ4n) is 2.41. The van der Waals surface area contributed by atoms with Gasteiger partial charge in [0.2, 0.25) is 0 Å². The second-order valence-corrected chi connectivity index (χ2v) is 4.77. The topological polar surface area (TPSA) is 95.1 Å². The number of carbonyl (C=O) groups is 2. The van der Waals surface area contributed by atoms with Crippen LogP contribution < -0.4 is 11.3 Å². The summed E-state index contributed by atoms with van der Waals surface area (Å²) >= 11 is 0. The standard InChI is InChI=1S/C15H15N3O3/c1-8-17-11-4-2-3-10(16)14(11)15(21)18(8)12-6-5-9(19)7-13(12)20/h2-4,12H,5-7,16H2,1H3/i1D2,5D,12D. The van der Waals surface area contributed by atoms with Crippen LogP contribution in [0.15, 0.2) is 23.0 Å². The fourth-order valence-corrected chi connectivity index (χ4v) is 2.41. The molecule has 2 aromatic rings. The number of hydrogen-bond acceptors (Lipinski definition) is 5. The van der Waals surface area contributed by atoms with Gasteiger partial charge in [0.1, 0.15) is 11.6 Å². The van der Waals surface area contributed by atoms with Crippen LogP contribution in [0.5, 0.6) is 0 Å². The Hall–Kier alpha value is -2.50. The van der Waals surface area contributed by atoms with Gasteiger partial charge in [0, 0.05) is 16.2 Å². The zero-order chi connectivity index (χ0) is 18.5. The summed E-state index contributed by atoms with van der Waals surface area (Å²) in [5, 5.41) is -0.0234. The van der Waals surface area contributed by atoms with Crippen LogP contribution in [0.2, 0.25) is 0 Å². The molecule has 0 amide bonds. The van der Waals surface area contributed by atoms with Crippen LogP contribution in [0.25, 0.3) is 10.9 Å². The van der Waals surface area contributed by atoms with Crippen molar-refractivity contribution in [2.45, 2.75) is 32.1 Å². The number of benzene rings is 1. The number of rotatable bonds is 1. The lowest BCUT2D eigenvalue weighted by atomic mass is 9.92. The number of nitrogens with two attached hydrogens (primary N) is 1. The van der Waals surface area contributed by atoms with Gasteiger partial charge in [-0.05, 0) is 25.4 Å². The molecule has 1 saturated carbocycles. The maximum Gasteiger partial charge on any atom is 0.264 e. The van der Waals surface area contributed by atoms with Crippen LogP contribution in [0.1, 0.15) is 36.6 Å². The van der Waals surface area contributed by atoms with E-state index in [0.29, 0.717) is 4.57 Å². The molecule has 1 fully saturated rings. The van der Waals surface area contributed by atoms with Crippen LogP contribution >= 0.6 is 0 Å². The van der Waals surface area contributed by atoms with Crippen molar-refractivity contribution in [2.75, 3.05) is 5.73 Å². The molecule has 2 atom stereocenters. The van der Waals surface area contributed by atoms with Gasteiger partial charge in [-0.2, -0.15) is 0 Å². The molecule has 2 unspecified atom stereocenters. The Morgan fingerprint density at radius 3 is 3.05 bits per heavy atom. The van der Waals surface area contributed by atoms with E-state index in [1.807, 2.05) is 0 Å². The number of hydrogen-bond donors (Lipinski definition) is 1. The largest absolute Gasteiger partial charge is 0.398 e. The van der Waals surface area contributed by atoms with Crippen molar-refractivity contribution in [1.82, 2.24) is 9.55 Å². The predicted octanol–water partition coefficient (Wildman–Crippen LogP) is 1.15. The molecule has 6 heteroatoms. The molecule has 1 aliphatic rings. The maximum absolute atomic E-state index is 13.0. The van der Waals surface area contributed by atoms with Crippen molar-refractivity contribution in [3.8, 4) is 0 Å². The number of nitrogens with zero attached hydrogens (tertiary/aromatic N) is 2. The summed E-state index contributed by atoms with van der Waals surface area (Å²) in [7, 11) is 0. The minimum Gasteiger partial charge on any atom is -0.398 e. The molecule has 3 rings (SSSR count). The zero-order valence-corrected chi connectivity index (χ0v) is 11.0. The Labute approximate surface area is 126 Å². The molecule has 1 heterocycles. The number of anilines is 1. The lowest BCUT2D eigenvalue weighted by Gasteiger charge is -2.24. The second-order valence-electron chi connectivity index (χ2n) is 4.77. The van der Waals surface area contributed by atoms with E-state index in [9.17, 15) is 14.4 Å². The summed E-state index contributed by atoms with van der Waals surface area (Å²) in [4.78, 5) is 41.0. The van der Waals surface area contributed by atoms with E-state index < -0.39 is 55.1 Å². The summed E-state index contributed by atoms with van der Waals surface area (Å²) in [6.45, 7) is -1.74. The number of aryl methyl sites for hydroxylation is 1. The summed E-state index contributed by atoms with van der Waals surface area (Å²) in [5.41, 5.74) is 5.25. The number of Topliss-reactive ketones (excluding diaryl/α,β-unsaturated/α-hetero) is 2. The molecule has 1 aliphatic carbocycles. The van der Waals surface area contributed by atoms with Gasteiger partial charge in [-0.15, -0.1) is 0 Å². The van der Waals surface area contributed by atoms with Gasteiger partial charge >= 0.3 is 0 Å². The van der Waals surface area contributed by atoms with E-state index in [-0.39, 0.29) is 16.6 Å². The maximum atomic E-state index is 13.0. The highest BCUT2D eigenvalue weighted by Crippen LogP contribution is 2.24. The quantitative estimate of drug-likeness (QED) is 0.627. The van der Waals surface area contributed by atoms with Gasteiger partial charge in [-0.1, -0.05) is 6.07 Å². The molecule has 108 valence electrons. The fraction of sp³-hybridized carbons (Fsp3) is 0.333. The molecule has 0 spiro atoms. The van der Waals surface area contributed by atoms with Crippen molar-refractivity contribution in [1.29, 1.82) is 0 Å².